The van der Waals surface area contributed by atoms with Crippen molar-refractivity contribution in [3.05, 3.63) is 35.4 Å². The first-order chi connectivity index (χ1) is 7.36. The molecule has 1 unspecified atom stereocenters. The van der Waals surface area contributed by atoms with Crippen LogP contribution in [0, 0.1) is 0 Å². The van der Waals surface area contributed by atoms with Gasteiger partial charge in [-0.2, -0.15) is 0 Å². The second-order valence-electron chi connectivity index (χ2n) is 3.12. The molecule has 2 rings (SSSR count). The predicted molar refractivity (Wildman–Crippen MR) is 51.4 cm³/mol. The molecule has 0 spiro atoms. The number of fused-ring (bicyclic) bond motifs is 1. The summed E-state index contributed by atoms with van der Waals surface area (Å²) in [7, 11) is 0. The van der Waals surface area contributed by atoms with Crippen LogP contribution >= 0.6 is 0 Å². The third kappa shape index (κ3) is 1.37. The van der Waals surface area contributed by atoms with Gasteiger partial charge in [0.15, 0.2) is 0 Å². The van der Waals surface area contributed by atoms with Crippen molar-refractivity contribution in [2.24, 2.45) is 0 Å². The van der Waals surface area contributed by atoms with Gasteiger partial charge in [0.05, 0.1) is 0 Å². The monoisotopic (exact) mass is 165 g/mol. The average Bonchev–Trinajstić information content (AvgIpc) is 2.30. The topological polar surface area (TPSA) is 12.0 Å². The molecule has 1 heterocycles. The summed E-state index contributed by atoms with van der Waals surface area (Å²) in [6.07, 6.45) is -2.01. The van der Waals surface area contributed by atoms with Crippen molar-refractivity contribution in [1.29, 1.82) is 0 Å². The van der Waals surface area contributed by atoms with E-state index in [-0.39, 0.29) is 5.92 Å². The SMILES string of the molecule is [2H]C1([2H])NCC(C)c2ccccc2C1([2H])[2H]. The molecule has 0 bridgehead atoms. The smallest absolute Gasteiger partial charge is 0.0431 e. The molecule has 1 N–H and O–H groups in total. The molecule has 0 saturated carbocycles. The van der Waals surface area contributed by atoms with Crippen molar-refractivity contribution < 1.29 is 5.48 Å². The summed E-state index contributed by atoms with van der Waals surface area (Å²) in [4.78, 5) is 0. The molecule has 1 aliphatic heterocycles. The van der Waals surface area contributed by atoms with Gasteiger partial charge in [-0.15, -0.1) is 0 Å². The Morgan fingerprint density at radius 3 is 3.25 bits per heavy atom. The molecule has 1 heteroatoms. The van der Waals surface area contributed by atoms with Crippen LogP contribution in [-0.2, 0) is 6.37 Å². The number of aryl methyl sites for hydroxylation is 1. The molecule has 0 radical (unpaired) electrons. The molecule has 0 saturated heterocycles. The van der Waals surface area contributed by atoms with Gasteiger partial charge in [-0.3, -0.25) is 0 Å². The lowest BCUT2D eigenvalue weighted by Crippen LogP contribution is -2.18. The Balaban J connectivity index is 2.63. The van der Waals surface area contributed by atoms with Crippen molar-refractivity contribution >= 4 is 0 Å². The summed E-state index contributed by atoms with van der Waals surface area (Å²) >= 11 is 0. The quantitative estimate of drug-likeness (QED) is 0.619. The maximum Gasteiger partial charge on any atom is 0.0431 e. The van der Waals surface area contributed by atoms with Crippen molar-refractivity contribution in [1.82, 2.24) is 5.32 Å². The average molecular weight is 165 g/mol. The van der Waals surface area contributed by atoms with E-state index in [1.807, 2.05) is 19.1 Å². The number of rotatable bonds is 0. The molecule has 1 aromatic carbocycles. The van der Waals surface area contributed by atoms with Crippen molar-refractivity contribution in [2.75, 3.05) is 13.0 Å². The van der Waals surface area contributed by atoms with Crippen LogP contribution in [0.25, 0.3) is 0 Å². The van der Waals surface area contributed by atoms with Crippen LogP contribution in [-0.4, -0.2) is 13.0 Å². The molecule has 1 nitrogen and oxygen atoms in total. The van der Waals surface area contributed by atoms with E-state index in [1.54, 1.807) is 12.1 Å². The molecule has 64 valence electrons. The summed E-state index contributed by atoms with van der Waals surface area (Å²) in [6.45, 7) is 0.390. The van der Waals surface area contributed by atoms with E-state index in [0.29, 0.717) is 12.1 Å². The molecule has 12 heavy (non-hydrogen) atoms. The Labute approximate surface area is 79.4 Å². The minimum Gasteiger partial charge on any atom is -0.316 e. The highest BCUT2D eigenvalue weighted by Gasteiger charge is 2.12. The lowest BCUT2D eigenvalue weighted by atomic mass is 9.96. The van der Waals surface area contributed by atoms with Gasteiger partial charge < -0.3 is 5.32 Å². The molecule has 0 fully saturated rings. The third-order valence-corrected chi connectivity index (χ3v) is 2.19. The minimum atomic E-state index is -2.03. The Morgan fingerprint density at radius 1 is 1.50 bits per heavy atom. The van der Waals surface area contributed by atoms with Gasteiger partial charge in [-0.05, 0) is 29.9 Å². The fourth-order valence-corrected chi connectivity index (χ4v) is 1.47. The van der Waals surface area contributed by atoms with Gasteiger partial charge >= 0.3 is 0 Å². The van der Waals surface area contributed by atoms with E-state index < -0.39 is 12.9 Å². The lowest BCUT2D eigenvalue weighted by molar-refractivity contribution is 0.644. The number of benzene rings is 1. The number of hydrogen-bond donors (Lipinski definition) is 1. The Morgan fingerprint density at radius 2 is 2.33 bits per heavy atom. The van der Waals surface area contributed by atoms with Crippen molar-refractivity contribution in [2.45, 2.75) is 19.2 Å². The third-order valence-electron chi connectivity index (χ3n) is 2.19. The summed E-state index contributed by atoms with van der Waals surface area (Å²) in [5.41, 5.74) is 1.35. The van der Waals surface area contributed by atoms with Crippen LogP contribution in [0.4, 0.5) is 0 Å². The Hall–Kier alpha value is -0.820. The Bertz CT molecular complexity index is 403. The molecular formula is C11H15N. The molecule has 0 aromatic heterocycles. The minimum absolute atomic E-state index is 0.115. The Kier molecular flexibility index (Phi) is 1.21. The van der Waals surface area contributed by atoms with Crippen LogP contribution in [0.5, 0.6) is 0 Å². The maximum absolute atomic E-state index is 7.97. The first-order valence-electron chi connectivity index (χ1n) is 6.21. The largest absolute Gasteiger partial charge is 0.316 e. The first kappa shape index (κ1) is 4.43. The normalized spacial score (nSPS) is 36.2. The summed E-state index contributed by atoms with van der Waals surface area (Å²) < 4.78 is 31.5. The van der Waals surface area contributed by atoms with Gasteiger partial charge in [-0.25, -0.2) is 0 Å². The summed E-state index contributed by atoms with van der Waals surface area (Å²) in [5.74, 6) is 0.115. The molecule has 1 aromatic rings. The van der Waals surface area contributed by atoms with Crippen LogP contribution < -0.4 is 5.32 Å². The highest BCUT2D eigenvalue weighted by atomic mass is 14.9. The fourth-order valence-electron chi connectivity index (χ4n) is 1.47. The highest BCUT2D eigenvalue weighted by Crippen LogP contribution is 2.21. The van der Waals surface area contributed by atoms with Crippen LogP contribution in [0.2, 0.25) is 0 Å². The molecule has 1 atom stereocenters. The van der Waals surface area contributed by atoms with E-state index in [2.05, 4.69) is 5.32 Å². The highest BCUT2D eigenvalue weighted by molar-refractivity contribution is 5.31. The predicted octanol–water partition coefficient (Wildman–Crippen LogP) is 1.94. The van der Waals surface area contributed by atoms with E-state index in [1.165, 1.54) is 0 Å². The number of nitrogens with one attached hydrogen (secondary N) is 1. The fraction of sp³-hybridized carbons (Fsp3) is 0.455. The second kappa shape index (κ2) is 3.28. The summed E-state index contributed by atoms with van der Waals surface area (Å²) in [5, 5.41) is 2.67. The molecule has 0 amide bonds. The van der Waals surface area contributed by atoms with Gasteiger partial charge in [0.2, 0.25) is 0 Å². The zero-order valence-electron chi connectivity index (χ0n) is 11.1. The van der Waals surface area contributed by atoms with Crippen molar-refractivity contribution in [3.63, 3.8) is 0 Å². The van der Waals surface area contributed by atoms with Gasteiger partial charge in [0, 0.05) is 12.0 Å². The lowest BCUT2D eigenvalue weighted by Gasteiger charge is -2.10. The van der Waals surface area contributed by atoms with Crippen molar-refractivity contribution in [3.8, 4) is 0 Å². The standard InChI is InChI=1S/C11H15N/c1-9-8-12-7-6-10-4-2-3-5-11(9)10/h2-5,9,12H,6-8H2,1H3/i6D2,7D2. The maximum atomic E-state index is 7.97. The van der Waals surface area contributed by atoms with E-state index in [4.69, 9.17) is 5.48 Å². The van der Waals surface area contributed by atoms with E-state index in [9.17, 15) is 0 Å². The molecule has 1 aliphatic rings. The van der Waals surface area contributed by atoms with Gasteiger partial charge in [0.1, 0.15) is 0 Å². The number of hydrogen-bond acceptors (Lipinski definition) is 1. The van der Waals surface area contributed by atoms with E-state index >= 15 is 0 Å². The first-order valence-corrected chi connectivity index (χ1v) is 4.21. The second-order valence-corrected chi connectivity index (χ2v) is 3.12. The molecule has 0 aliphatic carbocycles. The zero-order chi connectivity index (χ0) is 12.0. The van der Waals surface area contributed by atoms with Gasteiger partial charge in [0.25, 0.3) is 0 Å². The van der Waals surface area contributed by atoms with E-state index in [0.717, 1.165) is 5.56 Å². The summed E-state index contributed by atoms with van der Waals surface area (Å²) in [6, 6.07) is 7.18. The van der Waals surface area contributed by atoms with Gasteiger partial charge in [-0.1, -0.05) is 31.2 Å². The zero-order valence-corrected chi connectivity index (χ0v) is 7.09. The van der Waals surface area contributed by atoms with Crippen LogP contribution in [0.15, 0.2) is 24.3 Å². The van der Waals surface area contributed by atoms with Crippen LogP contribution in [0.1, 0.15) is 29.5 Å². The molecular weight excluding hydrogens is 146 g/mol. The van der Waals surface area contributed by atoms with Crippen LogP contribution in [0.3, 0.4) is 0 Å².